The van der Waals surface area contributed by atoms with Crippen molar-refractivity contribution in [2.75, 3.05) is 7.05 Å². The normalized spacial score (nSPS) is 15.9. The number of carboxylic acids is 1. The Labute approximate surface area is 208 Å². The highest BCUT2D eigenvalue weighted by molar-refractivity contribution is 9.10. The largest absolute Gasteiger partial charge is 0.480 e. The molecule has 3 aromatic rings. The second kappa shape index (κ2) is 9.61. The number of fused-ring (bicyclic) bond motifs is 1. The Morgan fingerprint density at radius 1 is 1.38 bits per heavy atom. The maximum absolute atomic E-state index is 14.0. The summed E-state index contributed by atoms with van der Waals surface area (Å²) in [4.78, 5) is 15.1. The van der Waals surface area contributed by atoms with Crippen LogP contribution in [0.25, 0.3) is 0 Å². The quantitative estimate of drug-likeness (QED) is 0.445. The zero-order valence-electron chi connectivity index (χ0n) is 17.8. The van der Waals surface area contributed by atoms with Crippen LogP contribution in [0.15, 0.2) is 46.0 Å². The van der Waals surface area contributed by atoms with Crippen LogP contribution < -0.4 is 4.74 Å². The summed E-state index contributed by atoms with van der Waals surface area (Å²) < 4.78 is 49.1. The molecule has 1 aromatic carbocycles. The van der Waals surface area contributed by atoms with Gasteiger partial charge in [-0.3, -0.25) is 9.48 Å². The van der Waals surface area contributed by atoms with Gasteiger partial charge in [-0.1, -0.05) is 11.6 Å². The predicted molar refractivity (Wildman–Crippen MR) is 124 cm³/mol. The van der Waals surface area contributed by atoms with Gasteiger partial charge < -0.3 is 9.84 Å². The molecule has 13 heteroatoms. The lowest BCUT2D eigenvalue weighted by molar-refractivity contribution is -0.137. The summed E-state index contributed by atoms with van der Waals surface area (Å²) in [7, 11) is -2.52. The van der Waals surface area contributed by atoms with E-state index in [4.69, 9.17) is 21.4 Å². The molecule has 34 heavy (non-hydrogen) atoms. The summed E-state index contributed by atoms with van der Waals surface area (Å²) >= 11 is 8.99. The summed E-state index contributed by atoms with van der Waals surface area (Å²) in [6, 6.07) is 4.72. The molecular weight excluding hydrogens is 555 g/mol. The van der Waals surface area contributed by atoms with E-state index >= 15 is 0 Å². The minimum absolute atomic E-state index is 0.0160. The number of carboxylic acid groups (broad SMARTS) is 1. The number of pyridine rings is 1. The number of aromatic nitrogens is 3. The van der Waals surface area contributed by atoms with Crippen LogP contribution in [0.3, 0.4) is 0 Å². The van der Waals surface area contributed by atoms with Crippen molar-refractivity contribution in [3.05, 3.63) is 63.2 Å². The number of ether oxygens (including phenoxy) is 1. The number of nitrogens with zero attached hydrogens (tertiary/aromatic N) is 4. The number of sulfonamides is 1. The number of halogens is 3. The average molecular weight is 574 g/mol. The summed E-state index contributed by atoms with van der Waals surface area (Å²) in [6.07, 6.45) is 4.53. The van der Waals surface area contributed by atoms with Crippen LogP contribution in [-0.4, -0.2) is 45.6 Å². The summed E-state index contributed by atoms with van der Waals surface area (Å²) in [5, 5.41) is 13.4. The molecule has 4 rings (SSSR count). The molecule has 0 unspecified atom stereocenters. The van der Waals surface area contributed by atoms with Gasteiger partial charge in [0.25, 0.3) is 0 Å². The van der Waals surface area contributed by atoms with Crippen molar-refractivity contribution >= 4 is 43.5 Å². The third kappa shape index (κ3) is 4.81. The first-order valence-corrected chi connectivity index (χ1v) is 12.7. The topological polar surface area (TPSA) is 115 Å². The Morgan fingerprint density at radius 3 is 2.82 bits per heavy atom. The van der Waals surface area contributed by atoms with Crippen LogP contribution in [0.4, 0.5) is 4.39 Å². The number of hydrogen-bond acceptors (Lipinski definition) is 6. The molecule has 1 atom stereocenters. The van der Waals surface area contributed by atoms with E-state index < -0.39 is 27.9 Å². The first-order valence-electron chi connectivity index (χ1n) is 10.1. The Morgan fingerprint density at radius 2 is 2.15 bits per heavy atom. The maximum atomic E-state index is 14.0. The van der Waals surface area contributed by atoms with Crippen LogP contribution in [0.5, 0.6) is 11.6 Å². The SMILES string of the molecule is CN([C@@H]1CCCc2c1cnn2CC(=O)O)S(=O)(=O)c1cnc(Oc2ccc(Cl)cc2F)c(Br)c1. The second-order valence-corrected chi connectivity index (χ2v) is 11.0. The smallest absolute Gasteiger partial charge is 0.325 e. The standard InChI is InChI=1S/C21H19BrClFN4O5S/c1-27(17-3-2-4-18-14(17)10-26-28(18)11-20(29)30)34(31,32)13-8-15(22)21(25-9-13)33-19-6-5-12(23)7-16(19)24/h5-10,17H,2-4,11H2,1H3,(H,29,30)/t17-/m1/s1. The van der Waals surface area contributed by atoms with E-state index in [1.807, 2.05) is 0 Å². The third-order valence-electron chi connectivity index (χ3n) is 5.51. The van der Waals surface area contributed by atoms with Crippen LogP contribution in [0.2, 0.25) is 5.02 Å². The first kappa shape index (κ1) is 24.6. The van der Waals surface area contributed by atoms with E-state index in [-0.39, 0.29) is 32.6 Å². The molecule has 1 aliphatic carbocycles. The zero-order chi connectivity index (χ0) is 24.6. The van der Waals surface area contributed by atoms with E-state index in [1.54, 1.807) is 0 Å². The van der Waals surface area contributed by atoms with E-state index in [0.29, 0.717) is 30.5 Å². The highest BCUT2D eigenvalue weighted by Crippen LogP contribution is 2.38. The number of aliphatic carboxylic acids is 1. The molecule has 2 aromatic heterocycles. The predicted octanol–water partition coefficient (Wildman–Crippen LogP) is 4.41. The lowest BCUT2D eigenvalue weighted by atomic mass is 9.93. The summed E-state index contributed by atoms with van der Waals surface area (Å²) in [6.45, 7) is -0.287. The number of benzene rings is 1. The van der Waals surface area contributed by atoms with Gasteiger partial charge in [-0.25, -0.2) is 17.8 Å². The third-order valence-corrected chi connectivity index (χ3v) is 8.15. The van der Waals surface area contributed by atoms with Gasteiger partial charge in [0.15, 0.2) is 11.6 Å². The lowest BCUT2D eigenvalue weighted by Gasteiger charge is -2.30. The van der Waals surface area contributed by atoms with Gasteiger partial charge in [0.2, 0.25) is 15.9 Å². The van der Waals surface area contributed by atoms with Crippen molar-refractivity contribution in [2.45, 2.75) is 36.7 Å². The molecule has 2 heterocycles. The molecule has 0 radical (unpaired) electrons. The average Bonchev–Trinajstić information content (AvgIpc) is 3.18. The number of hydrogen-bond donors (Lipinski definition) is 1. The molecule has 0 aliphatic heterocycles. The Hall–Kier alpha value is -2.54. The molecule has 1 aliphatic rings. The van der Waals surface area contributed by atoms with Crippen molar-refractivity contribution in [1.82, 2.24) is 19.1 Å². The molecule has 0 fully saturated rings. The molecule has 180 valence electrons. The van der Waals surface area contributed by atoms with Crippen LogP contribution in [-0.2, 0) is 27.8 Å². The van der Waals surface area contributed by atoms with Crippen LogP contribution in [0, 0.1) is 5.82 Å². The molecule has 0 amide bonds. The minimum Gasteiger partial charge on any atom is -0.480 e. The van der Waals surface area contributed by atoms with Gasteiger partial charge in [0.1, 0.15) is 11.4 Å². The summed E-state index contributed by atoms with van der Waals surface area (Å²) in [5.41, 5.74) is 1.40. The van der Waals surface area contributed by atoms with Crippen molar-refractivity contribution < 1.29 is 27.4 Å². The molecule has 0 bridgehead atoms. The maximum Gasteiger partial charge on any atom is 0.325 e. The highest BCUT2D eigenvalue weighted by atomic mass is 79.9. The van der Waals surface area contributed by atoms with Gasteiger partial charge >= 0.3 is 5.97 Å². The van der Waals surface area contributed by atoms with E-state index in [1.165, 1.54) is 40.4 Å². The summed E-state index contributed by atoms with van der Waals surface area (Å²) in [5.74, 6) is -1.84. The lowest BCUT2D eigenvalue weighted by Crippen LogP contribution is -2.33. The Kier molecular flexibility index (Phi) is 6.94. The molecule has 0 saturated carbocycles. The van der Waals surface area contributed by atoms with Crippen molar-refractivity contribution in [2.24, 2.45) is 0 Å². The molecule has 9 nitrogen and oxygen atoms in total. The van der Waals surface area contributed by atoms with E-state index in [2.05, 4.69) is 26.0 Å². The minimum atomic E-state index is -3.98. The van der Waals surface area contributed by atoms with Gasteiger partial charge in [-0.2, -0.15) is 9.40 Å². The van der Waals surface area contributed by atoms with E-state index in [0.717, 1.165) is 12.3 Å². The fraction of sp³-hybridized carbons (Fsp3) is 0.286. The van der Waals surface area contributed by atoms with Gasteiger partial charge in [0, 0.05) is 23.3 Å². The number of rotatable bonds is 7. The van der Waals surface area contributed by atoms with Gasteiger partial charge in [0.05, 0.1) is 22.9 Å². The molecular formula is C21H19BrClFN4O5S. The monoisotopic (exact) mass is 572 g/mol. The van der Waals surface area contributed by atoms with Crippen molar-refractivity contribution in [3.63, 3.8) is 0 Å². The number of carbonyl (C=O) groups is 1. The fourth-order valence-electron chi connectivity index (χ4n) is 3.86. The fourth-order valence-corrected chi connectivity index (χ4v) is 5.94. The van der Waals surface area contributed by atoms with Crippen molar-refractivity contribution in [3.8, 4) is 11.6 Å². The Balaban J connectivity index is 1.59. The van der Waals surface area contributed by atoms with Crippen molar-refractivity contribution in [1.29, 1.82) is 0 Å². The van der Waals surface area contributed by atoms with Gasteiger partial charge in [-0.15, -0.1) is 0 Å². The van der Waals surface area contributed by atoms with Gasteiger partial charge in [-0.05, 0) is 59.5 Å². The first-order chi connectivity index (χ1) is 16.1. The van der Waals surface area contributed by atoms with Crippen LogP contribution in [0.1, 0.15) is 30.1 Å². The van der Waals surface area contributed by atoms with Crippen LogP contribution >= 0.6 is 27.5 Å². The molecule has 1 N–H and O–H groups in total. The zero-order valence-corrected chi connectivity index (χ0v) is 20.9. The second-order valence-electron chi connectivity index (χ2n) is 7.66. The molecule has 0 saturated heterocycles. The van der Waals surface area contributed by atoms with E-state index in [9.17, 15) is 17.6 Å². The molecule has 0 spiro atoms. The Bertz CT molecular complexity index is 1370. The highest BCUT2D eigenvalue weighted by Gasteiger charge is 2.34.